The van der Waals surface area contributed by atoms with E-state index in [1.807, 2.05) is 6.92 Å². The van der Waals surface area contributed by atoms with Gasteiger partial charge in [-0.2, -0.15) is 5.26 Å². The lowest BCUT2D eigenvalue weighted by Crippen LogP contribution is -2.09. The van der Waals surface area contributed by atoms with Crippen LogP contribution in [0.2, 0.25) is 0 Å². The molecule has 1 heterocycles. The molecule has 1 fully saturated rings. The minimum atomic E-state index is -0.0497. The second-order valence-corrected chi connectivity index (χ2v) is 3.63. The van der Waals surface area contributed by atoms with Crippen molar-refractivity contribution in [3.63, 3.8) is 0 Å². The standard InChI is InChI=1S/C9H12N4O/c1-6(4-10)5-11-9-13-12-8(14-9)7-2-3-7/h6-7H,2-3,5H2,1H3,(H,11,13). The molecule has 1 unspecified atom stereocenters. The number of hydrogen-bond donors (Lipinski definition) is 1. The maximum atomic E-state index is 8.56. The molecule has 1 aliphatic carbocycles. The van der Waals surface area contributed by atoms with Crippen molar-refractivity contribution in [3.8, 4) is 6.07 Å². The lowest BCUT2D eigenvalue weighted by atomic mass is 10.2. The smallest absolute Gasteiger partial charge is 0.315 e. The van der Waals surface area contributed by atoms with Gasteiger partial charge in [-0.15, -0.1) is 5.10 Å². The SMILES string of the molecule is CC(C#N)CNc1nnc(C2CC2)o1. The quantitative estimate of drug-likeness (QED) is 0.782. The third-order valence-corrected chi connectivity index (χ3v) is 2.15. The van der Waals surface area contributed by atoms with Gasteiger partial charge in [0.2, 0.25) is 5.89 Å². The summed E-state index contributed by atoms with van der Waals surface area (Å²) in [6.07, 6.45) is 2.30. The summed E-state index contributed by atoms with van der Waals surface area (Å²) in [5, 5.41) is 19.3. The highest BCUT2D eigenvalue weighted by atomic mass is 16.4. The van der Waals surface area contributed by atoms with Gasteiger partial charge in [-0.3, -0.25) is 0 Å². The number of aromatic nitrogens is 2. The number of nitriles is 1. The lowest BCUT2D eigenvalue weighted by molar-refractivity contribution is 0.505. The topological polar surface area (TPSA) is 74.7 Å². The third kappa shape index (κ3) is 2.02. The van der Waals surface area contributed by atoms with Crippen LogP contribution in [0, 0.1) is 17.2 Å². The van der Waals surface area contributed by atoms with Gasteiger partial charge in [-0.25, -0.2) is 0 Å². The maximum Gasteiger partial charge on any atom is 0.315 e. The van der Waals surface area contributed by atoms with Crippen LogP contribution in [0.4, 0.5) is 6.01 Å². The van der Waals surface area contributed by atoms with Gasteiger partial charge in [0, 0.05) is 12.5 Å². The van der Waals surface area contributed by atoms with E-state index in [4.69, 9.17) is 9.68 Å². The summed E-state index contributed by atoms with van der Waals surface area (Å²) in [4.78, 5) is 0. The predicted octanol–water partition coefficient (Wildman–Crippen LogP) is 1.52. The molecule has 0 spiro atoms. The second kappa shape index (κ2) is 3.66. The van der Waals surface area contributed by atoms with Crippen molar-refractivity contribution in [1.29, 1.82) is 5.26 Å². The Bertz CT molecular complexity index is 350. The molecule has 0 amide bonds. The molecule has 0 aromatic carbocycles. The monoisotopic (exact) mass is 192 g/mol. The van der Waals surface area contributed by atoms with Crippen LogP contribution in [-0.4, -0.2) is 16.7 Å². The summed E-state index contributed by atoms with van der Waals surface area (Å²) < 4.78 is 5.36. The average molecular weight is 192 g/mol. The Labute approximate surface area is 82.1 Å². The van der Waals surface area contributed by atoms with Crippen LogP contribution in [0.25, 0.3) is 0 Å². The first kappa shape index (κ1) is 9.00. The van der Waals surface area contributed by atoms with Gasteiger partial charge in [0.15, 0.2) is 0 Å². The Morgan fingerprint density at radius 1 is 1.64 bits per heavy atom. The summed E-state index contributed by atoms with van der Waals surface area (Å²) in [7, 11) is 0. The van der Waals surface area contributed by atoms with Gasteiger partial charge in [-0.05, 0) is 19.8 Å². The zero-order chi connectivity index (χ0) is 9.97. The highest BCUT2D eigenvalue weighted by molar-refractivity contribution is 5.19. The lowest BCUT2D eigenvalue weighted by Gasteiger charge is -2.00. The normalized spacial score (nSPS) is 17.4. The Hall–Kier alpha value is -1.57. The van der Waals surface area contributed by atoms with E-state index in [2.05, 4.69) is 21.6 Å². The summed E-state index contributed by atoms with van der Waals surface area (Å²) >= 11 is 0. The van der Waals surface area contributed by atoms with Crippen molar-refractivity contribution in [2.24, 2.45) is 5.92 Å². The van der Waals surface area contributed by atoms with Crippen molar-refractivity contribution >= 4 is 6.01 Å². The van der Waals surface area contributed by atoms with Crippen molar-refractivity contribution in [3.05, 3.63) is 5.89 Å². The van der Waals surface area contributed by atoms with Crippen molar-refractivity contribution < 1.29 is 4.42 Å². The first-order valence-corrected chi connectivity index (χ1v) is 4.76. The largest absolute Gasteiger partial charge is 0.408 e. The summed E-state index contributed by atoms with van der Waals surface area (Å²) in [6.45, 7) is 2.38. The van der Waals surface area contributed by atoms with Crippen molar-refractivity contribution in [1.82, 2.24) is 10.2 Å². The van der Waals surface area contributed by atoms with Crippen LogP contribution in [-0.2, 0) is 0 Å². The van der Waals surface area contributed by atoms with Crippen LogP contribution in [0.5, 0.6) is 0 Å². The maximum absolute atomic E-state index is 8.56. The minimum absolute atomic E-state index is 0.0497. The fourth-order valence-electron chi connectivity index (χ4n) is 1.09. The molecule has 5 nitrogen and oxygen atoms in total. The van der Waals surface area contributed by atoms with E-state index in [1.165, 1.54) is 0 Å². The summed E-state index contributed by atoms with van der Waals surface area (Å²) in [5.41, 5.74) is 0. The average Bonchev–Trinajstić information content (AvgIpc) is 2.95. The van der Waals surface area contributed by atoms with E-state index in [1.54, 1.807) is 0 Å². The predicted molar refractivity (Wildman–Crippen MR) is 49.5 cm³/mol. The highest BCUT2D eigenvalue weighted by Crippen LogP contribution is 2.39. The van der Waals surface area contributed by atoms with E-state index in [0.717, 1.165) is 18.7 Å². The zero-order valence-corrected chi connectivity index (χ0v) is 8.03. The molecule has 2 rings (SSSR count). The van der Waals surface area contributed by atoms with Crippen LogP contribution in [0.1, 0.15) is 31.6 Å². The van der Waals surface area contributed by atoms with Crippen molar-refractivity contribution in [2.45, 2.75) is 25.7 Å². The zero-order valence-electron chi connectivity index (χ0n) is 8.03. The highest BCUT2D eigenvalue weighted by Gasteiger charge is 2.29. The van der Waals surface area contributed by atoms with Gasteiger partial charge >= 0.3 is 6.01 Å². The van der Waals surface area contributed by atoms with Gasteiger partial charge in [-0.1, -0.05) is 5.10 Å². The molecular formula is C9H12N4O. The molecule has 0 saturated heterocycles. The Balaban J connectivity index is 1.87. The molecule has 0 radical (unpaired) electrons. The van der Waals surface area contributed by atoms with E-state index in [9.17, 15) is 0 Å². The van der Waals surface area contributed by atoms with Crippen LogP contribution >= 0.6 is 0 Å². The Morgan fingerprint density at radius 2 is 2.43 bits per heavy atom. The van der Waals surface area contributed by atoms with E-state index >= 15 is 0 Å². The molecule has 74 valence electrons. The fraction of sp³-hybridized carbons (Fsp3) is 0.667. The van der Waals surface area contributed by atoms with E-state index < -0.39 is 0 Å². The number of nitrogens with one attached hydrogen (secondary N) is 1. The molecular weight excluding hydrogens is 180 g/mol. The molecule has 14 heavy (non-hydrogen) atoms. The molecule has 0 aliphatic heterocycles. The number of hydrogen-bond acceptors (Lipinski definition) is 5. The molecule has 5 heteroatoms. The fourth-order valence-corrected chi connectivity index (χ4v) is 1.09. The van der Waals surface area contributed by atoms with Crippen LogP contribution in [0.15, 0.2) is 4.42 Å². The van der Waals surface area contributed by atoms with Crippen LogP contribution < -0.4 is 5.32 Å². The van der Waals surface area contributed by atoms with Gasteiger partial charge < -0.3 is 9.73 Å². The van der Waals surface area contributed by atoms with E-state index in [0.29, 0.717) is 18.5 Å². The molecule has 1 N–H and O–H groups in total. The summed E-state index contributed by atoms with van der Waals surface area (Å²) in [5.74, 6) is 1.15. The van der Waals surface area contributed by atoms with Gasteiger partial charge in [0.1, 0.15) is 0 Å². The summed E-state index contributed by atoms with van der Waals surface area (Å²) in [6, 6.07) is 2.55. The van der Waals surface area contributed by atoms with Crippen LogP contribution in [0.3, 0.4) is 0 Å². The Kier molecular flexibility index (Phi) is 2.35. The first-order chi connectivity index (χ1) is 6.79. The van der Waals surface area contributed by atoms with Gasteiger partial charge in [0.05, 0.1) is 12.0 Å². The molecule has 1 aromatic heterocycles. The first-order valence-electron chi connectivity index (χ1n) is 4.76. The molecule has 1 saturated carbocycles. The minimum Gasteiger partial charge on any atom is -0.408 e. The molecule has 1 atom stereocenters. The number of nitrogens with zero attached hydrogens (tertiary/aromatic N) is 3. The number of rotatable bonds is 4. The number of anilines is 1. The molecule has 1 aliphatic rings. The second-order valence-electron chi connectivity index (χ2n) is 3.63. The van der Waals surface area contributed by atoms with Gasteiger partial charge in [0.25, 0.3) is 0 Å². The van der Waals surface area contributed by atoms with E-state index in [-0.39, 0.29) is 5.92 Å². The Morgan fingerprint density at radius 3 is 3.07 bits per heavy atom. The molecule has 0 bridgehead atoms. The third-order valence-electron chi connectivity index (χ3n) is 2.15. The molecule has 1 aromatic rings. The van der Waals surface area contributed by atoms with Crippen molar-refractivity contribution in [2.75, 3.05) is 11.9 Å².